The summed E-state index contributed by atoms with van der Waals surface area (Å²) in [5.41, 5.74) is 0. The van der Waals surface area contributed by atoms with E-state index in [4.69, 9.17) is 0 Å². The Balaban J connectivity index is 3.01. The van der Waals surface area contributed by atoms with Crippen LogP contribution in [0.2, 0.25) is 0 Å². The summed E-state index contributed by atoms with van der Waals surface area (Å²) in [6.45, 7) is 2.91. The molecule has 0 atom stereocenters. The van der Waals surface area contributed by atoms with Crippen LogP contribution in [0.15, 0.2) is 21.6 Å². The van der Waals surface area contributed by atoms with Crippen molar-refractivity contribution in [2.75, 3.05) is 30.4 Å². The quantitative estimate of drug-likeness (QED) is 0.732. The Hall–Kier alpha value is -0.310. The lowest BCUT2D eigenvalue weighted by molar-refractivity contribution is 0.584. The van der Waals surface area contributed by atoms with E-state index >= 15 is 0 Å². The van der Waals surface area contributed by atoms with Gasteiger partial charge in [-0.25, -0.2) is 18.1 Å². The van der Waals surface area contributed by atoms with Gasteiger partial charge < -0.3 is 5.32 Å². The zero-order valence-corrected chi connectivity index (χ0v) is 13.5. The van der Waals surface area contributed by atoms with E-state index < -0.39 is 10.0 Å². The van der Waals surface area contributed by atoms with Crippen LogP contribution in [0.1, 0.15) is 6.92 Å². The largest absolute Gasteiger partial charge is 0.369 e. The number of thioether (sulfide) groups is 1. The highest BCUT2D eigenvalue weighted by atomic mass is 79.9. The number of anilines is 1. The Labute approximate surface area is 120 Å². The number of pyridine rings is 1. The first-order valence-electron chi connectivity index (χ1n) is 5.39. The number of nitrogens with one attached hydrogen (secondary N) is 2. The monoisotopic (exact) mass is 353 g/mol. The normalized spacial score (nSPS) is 11.5. The molecule has 1 aromatic rings. The first kappa shape index (κ1) is 15.7. The first-order valence-corrected chi connectivity index (χ1v) is 9.06. The number of sulfonamides is 1. The van der Waals surface area contributed by atoms with E-state index in [1.54, 1.807) is 24.0 Å². The maximum Gasteiger partial charge on any atom is 0.244 e. The average Bonchev–Trinajstić information content (AvgIpc) is 2.32. The van der Waals surface area contributed by atoms with E-state index in [1.807, 2.05) is 13.2 Å². The van der Waals surface area contributed by atoms with Gasteiger partial charge in [-0.15, -0.1) is 0 Å². The molecule has 0 aliphatic heterocycles. The molecule has 102 valence electrons. The number of rotatable bonds is 7. The van der Waals surface area contributed by atoms with E-state index in [9.17, 15) is 8.42 Å². The van der Waals surface area contributed by atoms with Crippen LogP contribution in [-0.4, -0.2) is 38.5 Å². The average molecular weight is 354 g/mol. The smallest absolute Gasteiger partial charge is 0.244 e. The zero-order chi connectivity index (χ0) is 13.6. The summed E-state index contributed by atoms with van der Waals surface area (Å²) in [7, 11) is -3.53. The van der Waals surface area contributed by atoms with Gasteiger partial charge in [0.1, 0.15) is 10.7 Å². The molecule has 0 aliphatic rings. The summed E-state index contributed by atoms with van der Waals surface area (Å²) in [5, 5.41) is 2.94. The Morgan fingerprint density at radius 3 is 2.83 bits per heavy atom. The lowest BCUT2D eigenvalue weighted by atomic mass is 10.4. The molecular weight excluding hydrogens is 338 g/mol. The third kappa shape index (κ3) is 4.42. The molecule has 0 unspecified atom stereocenters. The van der Waals surface area contributed by atoms with Gasteiger partial charge in [0.05, 0.1) is 0 Å². The Morgan fingerprint density at radius 2 is 2.22 bits per heavy atom. The molecule has 0 saturated heterocycles. The Kier molecular flexibility index (Phi) is 6.40. The van der Waals surface area contributed by atoms with Gasteiger partial charge >= 0.3 is 0 Å². The van der Waals surface area contributed by atoms with Crippen molar-refractivity contribution in [3.05, 3.63) is 16.7 Å². The van der Waals surface area contributed by atoms with Crippen molar-refractivity contribution < 1.29 is 8.42 Å². The second kappa shape index (κ2) is 7.32. The van der Waals surface area contributed by atoms with Crippen LogP contribution >= 0.6 is 27.7 Å². The molecule has 0 saturated carbocycles. The maximum absolute atomic E-state index is 12.1. The van der Waals surface area contributed by atoms with Gasteiger partial charge in [0, 0.05) is 29.5 Å². The minimum Gasteiger partial charge on any atom is -0.369 e. The van der Waals surface area contributed by atoms with Crippen LogP contribution < -0.4 is 10.0 Å². The molecule has 0 fully saturated rings. The second-order valence-corrected chi connectivity index (χ2v) is 7.06. The van der Waals surface area contributed by atoms with Gasteiger partial charge in [0.15, 0.2) is 0 Å². The molecule has 0 radical (unpaired) electrons. The second-order valence-electron chi connectivity index (χ2n) is 3.42. The molecule has 0 amide bonds. The molecule has 1 heterocycles. The van der Waals surface area contributed by atoms with Gasteiger partial charge in [-0.2, -0.15) is 11.8 Å². The molecule has 18 heavy (non-hydrogen) atoms. The molecule has 0 aromatic carbocycles. The fourth-order valence-corrected chi connectivity index (χ4v) is 3.39. The molecule has 1 aromatic heterocycles. The minimum atomic E-state index is -3.53. The summed E-state index contributed by atoms with van der Waals surface area (Å²) >= 11 is 4.82. The molecule has 8 heteroatoms. The van der Waals surface area contributed by atoms with Gasteiger partial charge in [-0.1, -0.05) is 0 Å². The minimum absolute atomic E-state index is 0.167. The summed E-state index contributed by atoms with van der Waals surface area (Å²) in [4.78, 5) is 4.25. The first-order chi connectivity index (χ1) is 8.51. The predicted octanol–water partition coefficient (Wildman–Crippen LogP) is 1.92. The number of hydrogen-bond acceptors (Lipinski definition) is 5. The Bertz CT molecular complexity index is 494. The van der Waals surface area contributed by atoms with E-state index in [0.29, 0.717) is 23.4 Å². The number of halogens is 1. The summed E-state index contributed by atoms with van der Waals surface area (Å²) in [6.07, 6.45) is 3.50. The molecule has 5 nitrogen and oxygen atoms in total. The molecular formula is C10H16BrN3O2S2. The van der Waals surface area contributed by atoms with Crippen molar-refractivity contribution in [2.45, 2.75) is 11.8 Å². The number of aromatic nitrogens is 1. The highest BCUT2D eigenvalue weighted by molar-refractivity contribution is 9.10. The summed E-state index contributed by atoms with van der Waals surface area (Å²) in [5.74, 6) is 1.11. The molecule has 0 bridgehead atoms. The summed E-state index contributed by atoms with van der Waals surface area (Å²) < 4.78 is 27.5. The van der Waals surface area contributed by atoms with E-state index in [0.717, 1.165) is 5.75 Å². The van der Waals surface area contributed by atoms with Crippen LogP contribution in [0.5, 0.6) is 0 Å². The molecule has 1 rings (SSSR count). The number of nitrogens with zero attached hydrogens (tertiary/aromatic N) is 1. The van der Waals surface area contributed by atoms with Crippen molar-refractivity contribution in [3.8, 4) is 0 Å². The van der Waals surface area contributed by atoms with Crippen molar-refractivity contribution in [1.82, 2.24) is 9.71 Å². The van der Waals surface area contributed by atoms with Crippen LogP contribution in [0.4, 0.5) is 5.82 Å². The van der Waals surface area contributed by atoms with Crippen molar-refractivity contribution in [2.24, 2.45) is 0 Å². The highest BCUT2D eigenvalue weighted by Crippen LogP contribution is 2.22. The third-order valence-electron chi connectivity index (χ3n) is 2.05. The lowest BCUT2D eigenvalue weighted by Gasteiger charge is -2.11. The third-order valence-corrected chi connectivity index (χ3v) is 4.57. The molecule has 2 N–H and O–H groups in total. The fraction of sp³-hybridized carbons (Fsp3) is 0.500. The van der Waals surface area contributed by atoms with E-state index in [-0.39, 0.29) is 4.90 Å². The van der Waals surface area contributed by atoms with Crippen LogP contribution in [0.3, 0.4) is 0 Å². The van der Waals surface area contributed by atoms with Gasteiger partial charge in [0.2, 0.25) is 10.0 Å². The van der Waals surface area contributed by atoms with E-state index in [1.165, 1.54) is 0 Å². The van der Waals surface area contributed by atoms with Gasteiger partial charge in [-0.3, -0.25) is 0 Å². The number of hydrogen-bond donors (Lipinski definition) is 2. The SMILES string of the molecule is CCNc1ncc(Br)cc1S(=O)(=O)NCCSC. The maximum atomic E-state index is 12.1. The van der Waals surface area contributed by atoms with E-state index in [2.05, 4.69) is 31.0 Å². The Morgan fingerprint density at radius 1 is 1.50 bits per heavy atom. The van der Waals surface area contributed by atoms with Crippen LogP contribution in [-0.2, 0) is 10.0 Å². The van der Waals surface area contributed by atoms with Crippen molar-refractivity contribution >= 4 is 43.5 Å². The highest BCUT2D eigenvalue weighted by Gasteiger charge is 2.19. The van der Waals surface area contributed by atoms with Crippen LogP contribution in [0.25, 0.3) is 0 Å². The van der Waals surface area contributed by atoms with Gasteiger partial charge in [0.25, 0.3) is 0 Å². The predicted molar refractivity (Wildman–Crippen MR) is 79.7 cm³/mol. The lowest BCUT2D eigenvalue weighted by Crippen LogP contribution is -2.27. The molecule has 0 spiro atoms. The van der Waals surface area contributed by atoms with Crippen molar-refractivity contribution in [1.29, 1.82) is 0 Å². The van der Waals surface area contributed by atoms with Crippen LogP contribution in [0, 0.1) is 0 Å². The fourth-order valence-electron chi connectivity index (χ4n) is 1.28. The zero-order valence-electron chi connectivity index (χ0n) is 10.2. The topological polar surface area (TPSA) is 71.1 Å². The van der Waals surface area contributed by atoms with Gasteiger partial charge in [-0.05, 0) is 35.2 Å². The van der Waals surface area contributed by atoms with Crippen molar-refractivity contribution in [3.63, 3.8) is 0 Å². The summed E-state index contributed by atoms with van der Waals surface area (Å²) in [6, 6.07) is 1.55. The standard InChI is InChI=1S/C10H16BrN3O2S2/c1-3-12-10-9(6-8(11)7-13-10)18(15,16)14-4-5-17-2/h6-7,14H,3-5H2,1-2H3,(H,12,13). The molecule has 0 aliphatic carbocycles.